The molecule has 1 fully saturated rings. The van der Waals surface area contributed by atoms with Crippen molar-refractivity contribution in [2.45, 2.75) is 57.7 Å². The lowest BCUT2D eigenvalue weighted by atomic mass is 9.89. The van der Waals surface area contributed by atoms with Gasteiger partial charge in [-0.2, -0.15) is 0 Å². The van der Waals surface area contributed by atoms with Crippen LogP contribution in [0, 0.1) is 0 Å². The van der Waals surface area contributed by atoms with Crippen LogP contribution >= 0.6 is 0 Å². The molecule has 1 saturated heterocycles. The molecule has 0 bridgehead atoms. The number of carbonyl (C=O) groups excluding carboxylic acids is 1. The molecule has 1 N–H and O–H groups in total. The molecule has 26 heavy (non-hydrogen) atoms. The Morgan fingerprint density at radius 1 is 0.923 bits per heavy atom. The minimum Gasteiger partial charge on any atom is -0.443 e. The highest BCUT2D eigenvalue weighted by Crippen LogP contribution is 2.40. The second kappa shape index (κ2) is 7.92. The van der Waals surface area contributed by atoms with Gasteiger partial charge in [-0.05, 0) is 51.2 Å². The number of benzene rings is 2. The fourth-order valence-corrected chi connectivity index (χ4v) is 3.57. The number of rotatable bonds is 3. The van der Waals surface area contributed by atoms with Gasteiger partial charge in [-0.1, -0.05) is 60.7 Å². The monoisotopic (exact) mass is 352 g/mol. The quantitative estimate of drug-likeness (QED) is 0.805. The van der Waals surface area contributed by atoms with Gasteiger partial charge in [0.15, 0.2) is 0 Å². The first-order valence-electron chi connectivity index (χ1n) is 9.32. The SMILES string of the molecule is CC(C)(C)OC(=O)NN1C(c2ccccc2)CCCC1c1ccccc1. The molecule has 0 saturated carbocycles. The van der Waals surface area contributed by atoms with Crippen molar-refractivity contribution in [2.75, 3.05) is 0 Å². The zero-order valence-electron chi connectivity index (χ0n) is 15.8. The molecule has 0 spiro atoms. The van der Waals surface area contributed by atoms with E-state index in [9.17, 15) is 4.79 Å². The summed E-state index contributed by atoms with van der Waals surface area (Å²) in [7, 11) is 0. The van der Waals surface area contributed by atoms with Crippen LogP contribution in [0.5, 0.6) is 0 Å². The number of hydrogen-bond acceptors (Lipinski definition) is 3. The third kappa shape index (κ3) is 4.64. The minimum atomic E-state index is -0.523. The number of amides is 1. The number of carbonyl (C=O) groups is 1. The smallest absolute Gasteiger partial charge is 0.422 e. The predicted octanol–water partition coefficient (Wildman–Crippen LogP) is 5.39. The van der Waals surface area contributed by atoms with E-state index in [1.165, 1.54) is 11.1 Å². The molecule has 2 aromatic rings. The van der Waals surface area contributed by atoms with Crippen molar-refractivity contribution >= 4 is 6.09 Å². The number of nitrogens with zero attached hydrogens (tertiary/aromatic N) is 1. The van der Waals surface area contributed by atoms with Gasteiger partial charge < -0.3 is 4.74 Å². The van der Waals surface area contributed by atoms with E-state index in [2.05, 4.69) is 34.7 Å². The summed E-state index contributed by atoms with van der Waals surface area (Å²) in [5.41, 5.74) is 4.95. The Balaban J connectivity index is 1.89. The number of hydrazine groups is 1. The molecule has 1 aliphatic rings. The van der Waals surface area contributed by atoms with Gasteiger partial charge in [-0.3, -0.25) is 5.43 Å². The van der Waals surface area contributed by atoms with Crippen molar-refractivity contribution in [1.82, 2.24) is 10.4 Å². The Bertz CT molecular complexity index is 662. The average molecular weight is 352 g/mol. The van der Waals surface area contributed by atoms with E-state index >= 15 is 0 Å². The lowest BCUT2D eigenvalue weighted by Gasteiger charge is -2.42. The number of nitrogens with one attached hydrogen (secondary N) is 1. The average Bonchev–Trinajstić information content (AvgIpc) is 2.62. The van der Waals surface area contributed by atoms with E-state index in [0.717, 1.165) is 19.3 Å². The largest absolute Gasteiger partial charge is 0.443 e. The van der Waals surface area contributed by atoms with Gasteiger partial charge in [-0.15, -0.1) is 0 Å². The standard InChI is InChI=1S/C22H28N2O2/c1-22(2,3)26-21(25)23-24-19(17-11-6-4-7-12-17)15-10-16-20(24)18-13-8-5-9-14-18/h4-9,11-14,19-20H,10,15-16H2,1-3H3,(H,23,25). The van der Waals surface area contributed by atoms with E-state index in [0.29, 0.717) is 0 Å². The summed E-state index contributed by atoms with van der Waals surface area (Å²) in [6.07, 6.45) is 2.72. The van der Waals surface area contributed by atoms with Crippen LogP contribution in [0.1, 0.15) is 63.2 Å². The van der Waals surface area contributed by atoms with Gasteiger partial charge in [0.2, 0.25) is 0 Å². The van der Waals surface area contributed by atoms with Crippen LogP contribution in [0.4, 0.5) is 4.79 Å². The Morgan fingerprint density at radius 2 is 1.38 bits per heavy atom. The van der Waals surface area contributed by atoms with Gasteiger partial charge in [0, 0.05) is 0 Å². The number of ether oxygens (including phenoxy) is 1. The maximum Gasteiger partial charge on any atom is 0.422 e. The first-order chi connectivity index (χ1) is 12.4. The third-order valence-corrected chi connectivity index (χ3v) is 4.61. The zero-order valence-corrected chi connectivity index (χ0v) is 15.8. The highest BCUT2D eigenvalue weighted by Gasteiger charge is 2.34. The normalized spacial score (nSPS) is 21.2. The second-order valence-electron chi connectivity index (χ2n) is 7.80. The molecule has 4 heteroatoms. The van der Waals surface area contributed by atoms with Crippen molar-refractivity contribution in [1.29, 1.82) is 0 Å². The third-order valence-electron chi connectivity index (χ3n) is 4.61. The molecule has 2 atom stereocenters. The van der Waals surface area contributed by atoms with Gasteiger partial charge in [0.25, 0.3) is 0 Å². The van der Waals surface area contributed by atoms with Crippen LogP contribution in [-0.2, 0) is 4.74 Å². The first-order valence-corrected chi connectivity index (χ1v) is 9.32. The molecular weight excluding hydrogens is 324 g/mol. The van der Waals surface area contributed by atoms with E-state index in [1.807, 2.05) is 57.2 Å². The van der Waals surface area contributed by atoms with Gasteiger partial charge in [-0.25, -0.2) is 9.80 Å². The van der Waals surface area contributed by atoms with Gasteiger partial charge >= 0.3 is 6.09 Å². The number of hydrogen-bond donors (Lipinski definition) is 1. The molecular formula is C22H28N2O2. The molecule has 3 rings (SSSR count). The van der Waals surface area contributed by atoms with Crippen molar-refractivity contribution in [3.05, 3.63) is 71.8 Å². The molecule has 2 aromatic carbocycles. The lowest BCUT2D eigenvalue weighted by Crippen LogP contribution is -2.50. The first kappa shape index (κ1) is 18.5. The van der Waals surface area contributed by atoms with Crippen LogP contribution in [-0.4, -0.2) is 16.7 Å². The summed E-state index contributed by atoms with van der Waals surface area (Å²) in [6, 6.07) is 21.0. The Labute approximate surface area is 156 Å². The van der Waals surface area contributed by atoms with E-state index in [4.69, 9.17) is 4.74 Å². The van der Waals surface area contributed by atoms with Crippen molar-refractivity contribution in [3.63, 3.8) is 0 Å². The van der Waals surface area contributed by atoms with Gasteiger partial charge in [0.05, 0.1) is 12.1 Å². The zero-order chi connectivity index (χ0) is 18.6. The maximum absolute atomic E-state index is 12.5. The Morgan fingerprint density at radius 3 is 1.81 bits per heavy atom. The molecule has 4 nitrogen and oxygen atoms in total. The second-order valence-corrected chi connectivity index (χ2v) is 7.80. The summed E-state index contributed by atoms with van der Waals surface area (Å²) in [5, 5.41) is 2.09. The number of piperidine rings is 1. The summed E-state index contributed by atoms with van der Waals surface area (Å²) >= 11 is 0. The Kier molecular flexibility index (Phi) is 5.62. The molecule has 0 radical (unpaired) electrons. The Hall–Kier alpha value is -2.33. The molecule has 0 aromatic heterocycles. The van der Waals surface area contributed by atoms with E-state index < -0.39 is 11.7 Å². The highest BCUT2D eigenvalue weighted by molar-refractivity contribution is 5.67. The molecule has 2 unspecified atom stereocenters. The van der Waals surface area contributed by atoms with Crippen LogP contribution < -0.4 is 5.43 Å². The van der Waals surface area contributed by atoms with Gasteiger partial charge in [0.1, 0.15) is 5.60 Å². The van der Waals surface area contributed by atoms with Crippen LogP contribution in [0.25, 0.3) is 0 Å². The topological polar surface area (TPSA) is 41.6 Å². The summed E-state index contributed by atoms with van der Waals surface area (Å²) in [6.45, 7) is 5.64. The van der Waals surface area contributed by atoms with Crippen molar-refractivity contribution in [3.8, 4) is 0 Å². The fourth-order valence-electron chi connectivity index (χ4n) is 3.57. The van der Waals surface area contributed by atoms with Crippen LogP contribution in [0.15, 0.2) is 60.7 Å². The fraction of sp³-hybridized carbons (Fsp3) is 0.409. The summed E-state index contributed by atoms with van der Waals surface area (Å²) in [5.74, 6) is 0. The molecule has 0 aliphatic carbocycles. The lowest BCUT2D eigenvalue weighted by molar-refractivity contribution is -0.00635. The summed E-state index contributed by atoms with van der Waals surface area (Å²) in [4.78, 5) is 12.5. The molecule has 138 valence electrons. The van der Waals surface area contributed by atoms with Crippen molar-refractivity contribution in [2.24, 2.45) is 0 Å². The van der Waals surface area contributed by atoms with Crippen LogP contribution in [0.3, 0.4) is 0 Å². The highest BCUT2D eigenvalue weighted by atomic mass is 16.6. The predicted molar refractivity (Wildman–Crippen MR) is 103 cm³/mol. The van der Waals surface area contributed by atoms with Crippen molar-refractivity contribution < 1.29 is 9.53 Å². The molecule has 1 heterocycles. The summed E-state index contributed by atoms with van der Waals surface area (Å²) < 4.78 is 5.52. The molecule has 1 amide bonds. The van der Waals surface area contributed by atoms with Crippen LogP contribution in [0.2, 0.25) is 0 Å². The van der Waals surface area contributed by atoms with E-state index in [1.54, 1.807) is 0 Å². The maximum atomic E-state index is 12.5. The molecule has 1 aliphatic heterocycles. The van der Waals surface area contributed by atoms with E-state index in [-0.39, 0.29) is 12.1 Å². The minimum absolute atomic E-state index is 0.127.